The molecule has 0 amide bonds. The molecule has 1 aromatic carbocycles. The monoisotopic (exact) mass is 180 g/mol. The van der Waals surface area contributed by atoms with Crippen molar-refractivity contribution in [1.29, 1.82) is 0 Å². The second-order valence-corrected chi connectivity index (χ2v) is 2.74. The van der Waals surface area contributed by atoms with Crippen LogP contribution in [-0.4, -0.2) is 0 Å². The van der Waals surface area contributed by atoms with E-state index in [9.17, 15) is 0 Å². The molecule has 0 aliphatic rings. The van der Waals surface area contributed by atoms with E-state index in [-0.39, 0.29) is 0 Å². The predicted octanol–water partition coefficient (Wildman–Crippen LogP) is 1.33. The number of hydrogen-bond acceptors (Lipinski definition) is 3. The van der Waals surface area contributed by atoms with Gasteiger partial charge in [0.05, 0.1) is 0 Å². The van der Waals surface area contributed by atoms with Crippen LogP contribution in [0.2, 0.25) is 0 Å². The molecule has 0 radical (unpaired) electrons. The van der Waals surface area contributed by atoms with Crippen molar-refractivity contribution < 1.29 is 0 Å². The normalized spacial score (nSPS) is 11.7. The Bertz CT molecular complexity index is 277. The van der Waals surface area contributed by atoms with Gasteiger partial charge >= 0.3 is 0 Å². The topological polar surface area (TPSA) is 52.0 Å². The average Bonchev–Trinajstić information content (AvgIpc) is 2.17. The summed E-state index contributed by atoms with van der Waals surface area (Å²) >= 11 is 3.96. The van der Waals surface area contributed by atoms with Crippen LogP contribution in [0.15, 0.2) is 29.7 Å². The molecule has 0 spiro atoms. The maximum atomic E-state index is 5.64. The van der Waals surface area contributed by atoms with Crippen molar-refractivity contribution in [1.82, 2.24) is 0 Å². The minimum absolute atomic E-state index is 0.560. The van der Waals surface area contributed by atoms with E-state index >= 15 is 0 Å². The quantitative estimate of drug-likeness (QED) is 0.601. The summed E-state index contributed by atoms with van der Waals surface area (Å²) in [4.78, 5) is 0. The van der Waals surface area contributed by atoms with Crippen LogP contribution in [0.4, 0.5) is 0 Å². The predicted molar refractivity (Wildman–Crippen MR) is 55.5 cm³/mol. The zero-order valence-corrected chi connectivity index (χ0v) is 7.59. The molecule has 0 fully saturated rings. The SMILES string of the molecule is NCc1ccc(/C(N)=C/S)cc1. The summed E-state index contributed by atoms with van der Waals surface area (Å²) < 4.78 is 0. The molecule has 0 heterocycles. The van der Waals surface area contributed by atoms with Crippen molar-refractivity contribution in [3.05, 3.63) is 40.8 Å². The van der Waals surface area contributed by atoms with Crippen molar-refractivity contribution in [3.8, 4) is 0 Å². The molecular weight excluding hydrogens is 168 g/mol. The third kappa shape index (κ3) is 2.03. The van der Waals surface area contributed by atoms with E-state index < -0.39 is 0 Å². The highest BCUT2D eigenvalue weighted by molar-refractivity contribution is 7.83. The summed E-state index contributed by atoms with van der Waals surface area (Å²) in [5.41, 5.74) is 13.8. The summed E-state index contributed by atoms with van der Waals surface area (Å²) in [6.07, 6.45) is 0. The van der Waals surface area contributed by atoms with Gasteiger partial charge in [0, 0.05) is 12.2 Å². The van der Waals surface area contributed by atoms with Gasteiger partial charge in [-0.05, 0) is 16.5 Å². The first-order valence-corrected chi connectivity index (χ1v) is 4.19. The Morgan fingerprint density at radius 2 is 1.92 bits per heavy atom. The fraction of sp³-hybridized carbons (Fsp3) is 0.111. The maximum Gasteiger partial charge on any atom is 0.0449 e. The molecule has 64 valence electrons. The summed E-state index contributed by atoms with van der Waals surface area (Å²) in [7, 11) is 0. The van der Waals surface area contributed by atoms with E-state index in [2.05, 4.69) is 12.6 Å². The molecular formula is C9H12N2S. The average molecular weight is 180 g/mol. The Morgan fingerprint density at radius 1 is 1.33 bits per heavy atom. The molecule has 1 aromatic rings. The van der Waals surface area contributed by atoms with E-state index in [4.69, 9.17) is 11.5 Å². The van der Waals surface area contributed by atoms with Crippen LogP contribution >= 0.6 is 12.6 Å². The lowest BCUT2D eigenvalue weighted by atomic mass is 10.1. The first-order valence-electron chi connectivity index (χ1n) is 3.67. The smallest absolute Gasteiger partial charge is 0.0449 e. The van der Waals surface area contributed by atoms with Crippen molar-refractivity contribution in [3.63, 3.8) is 0 Å². The van der Waals surface area contributed by atoms with Gasteiger partial charge in [-0.25, -0.2) is 0 Å². The highest BCUT2D eigenvalue weighted by atomic mass is 32.1. The van der Waals surface area contributed by atoms with Gasteiger partial charge in [-0.2, -0.15) is 0 Å². The third-order valence-corrected chi connectivity index (χ3v) is 1.94. The van der Waals surface area contributed by atoms with Crippen LogP contribution in [0.25, 0.3) is 5.70 Å². The van der Waals surface area contributed by atoms with Gasteiger partial charge in [0.25, 0.3) is 0 Å². The van der Waals surface area contributed by atoms with Crippen LogP contribution < -0.4 is 11.5 Å². The highest BCUT2D eigenvalue weighted by Crippen LogP contribution is 2.10. The second kappa shape index (κ2) is 4.18. The Balaban J connectivity index is 2.92. The molecule has 12 heavy (non-hydrogen) atoms. The number of hydrogen-bond donors (Lipinski definition) is 3. The van der Waals surface area contributed by atoms with E-state index in [0.717, 1.165) is 11.1 Å². The Morgan fingerprint density at radius 3 is 2.33 bits per heavy atom. The van der Waals surface area contributed by atoms with Crippen molar-refractivity contribution in [2.45, 2.75) is 6.54 Å². The minimum atomic E-state index is 0.560. The minimum Gasteiger partial charge on any atom is -0.398 e. The van der Waals surface area contributed by atoms with Gasteiger partial charge in [0.1, 0.15) is 0 Å². The molecule has 0 aliphatic carbocycles. The summed E-state index contributed by atoms with van der Waals surface area (Å²) in [6, 6.07) is 7.79. The number of benzene rings is 1. The van der Waals surface area contributed by atoms with Crippen LogP contribution in [0, 0.1) is 0 Å². The molecule has 0 saturated carbocycles. The van der Waals surface area contributed by atoms with Crippen LogP contribution in [0.5, 0.6) is 0 Å². The van der Waals surface area contributed by atoms with Crippen molar-refractivity contribution >= 4 is 18.3 Å². The number of rotatable bonds is 2. The lowest BCUT2D eigenvalue weighted by molar-refractivity contribution is 1.07. The molecule has 0 atom stereocenters. The highest BCUT2D eigenvalue weighted by Gasteiger charge is 1.94. The molecule has 0 aromatic heterocycles. The van der Waals surface area contributed by atoms with E-state index in [1.807, 2.05) is 24.3 Å². The largest absolute Gasteiger partial charge is 0.398 e. The van der Waals surface area contributed by atoms with Gasteiger partial charge in [-0.3, -0.25) is 0 Å². The molecule has 1 rings (SSSR count). The summed E-state index contributed by atoms with van der Waals surface area (Å²) in [5.74, 6) is 0. The van der Waals surface area contributed by atoms with E-state index in [1.54, 1.807) is 5.41 Å². The lowest BCUT2D eigenvalue weighted by Crippen LogP contribution is -1.98. The molecule has 3 heteroatoms. The van der Waals surface area contributed by atoms with Crippen molar-refractivity contribution in [2.24, 2.45) is 11.5 Å². The van der Waals surface area contributed by atoms with Crippen LogP contribution in [0.3, 0.4) is 0 Å². The Kier molecular flexibility index (Phi) is 3.19. The van der Waals surface area contributed by atoms with Gasteiger partial charge in [0.15, 0.2) is 0 Å². The molecule has 0 saturated heterocycles. The summed E-state index contributed by atoms with van der Waals surface area (Å²) in [6.45, 7) is 0.560. The maximum absolute atomic E-state index is 5.64. The van der Waals surface area contributed by atoms with Crippen LogP contribution in [0.1, 0.15) is 11.1 Å². The summed E-state index contributed by atoms with van der Waals surface area (Å²) in [5, 5.41) is 1.58. The van der Waals surface area contributed by atoms with Crippen LogP contribution in [-0.2, 0) is 6.54 Å². The van der Waals surface area contributed by atoms with E-state index in [1.165, 1.54) is 0 Å². The van der Waals surface area contributed by atoms with Gasteiger partial charge in [-0.15, -0.1) is 12.6 Å². The van der Waals surface area contributed by atoms with Gasteiger partial charge in [0.2, 0.25) is 0 Å². The molecule has 4 N–H and O–H groups in total. The standard InChI is InChI=1S/C9H12N2S/c10-5-7-1-3-8(4-2-7)9(11)6-12/h1-4,6,12H,5,10-11H2/b9-6-. The third-order valence-electron chi connectivity index (χ3n) is 1.66. The zero-order valence-electron chi connectivity index (χ0n) is 6.70. The molecule has 0 unspecified atom stereocenters. The van der Waals surface area contributed by atoms with Gasteiger partial charge < -0.3 is 11.5 Å². The number of nitrogens with two attached hydrogens (primary N) is 2. The molecule has 2 nitrogen and oxygen atoms in total. The fourth-order valence-corrected chi connectivity index (χ4v) is 1.06. The van der Waals surface area contributed by atoms with E-state index in [0.29, 0.717) is 12.2 Å². The first kappa shape index (κ1) is 9.16. The zero-order chi connectivity index (χ0) is 8.97. The number of thiol groups is 1. The first-order chi connectivity index (χ1) is 5.77. The van der Waals surface area contributed by atoms with Crippen molar-refractivity contribution in [2.75, 3.05) is 0 Å². The Labute approximate surface area is 77.7 Å². The molecule has 0 bridgehead atoms. The Hall–Kier alpha value is -0.930. The molecule has 0 aliphatic heterocycles. The lowest BCUT2D eigenvalue weighted by Gasteiger charge is -2.01. The van der Waals surface area contributed by atoms with Gasteiger partial charge in [-0.1, -0.05) is 24.3 Å². The second-order valence-electron chi connectivity index (χ2n) is 2.49. The fourth-order valence-electron chi connectivity index (χ4n) is 0.908.